The summed E-state index contributed by atoms with van der Waals surface area (Å²) in [5.41, 5.74) is 1.97. The normalized spacial score (nSPS) is 11.6. The van der Waals surface area contributed by atoms with Crippen molar-refractivity contribution in [3.8, 4) is 11.8 Å². The fourth-order valence-corrected chi connectivity index (χ4v) is 2.16. The molecule has 0 aliphatic carbocycles. The molecule has 0 N–H and O–H groups in total. The molecule has 1 aromatic heterocycles. The van der Waals surface area contributed by atoms with Crippen molar-refractivity contribution in [2.75, 3.05) is 7.11 Å². The first-order valence-corrected chi connectivity index (χ1v) is 6.24. The predicted octanol–water partition coefficient (Wildman–Crippen LogP) is 3.59. The number of benzene rings is 1. The summed E-state index contributed by atoms with van der Waals surface area (Å²) < 4.78 is 5.11. The van der Waals surface area contributed by atoms with Crippen molar-refractivity contribution in [2.45, 2.75) is 12.3 Å². The molecule has 4 heteroatoms. The molecule has 0 bridgehead atoms. The maximum Gasteiger partial charge on any atom is 0.137 e. The molecule has 1 heterocycles. The summed E-state index contributed by atoms with van der Waals surface area (Å²) in [7, 11) is 1.57. The molecule has 1 aromatic carbocycles. The first kappa shape index (κ1) is 13.4. The number of pyridine rings is 1. The van der Waals surface area contributed by atoms with Crippen molar-refractivity contribution in [1.82, 2.24) is 4.98 Å². The molecule has 0 spiro atoms. The van der Waals surface area contributed by atoms with Crippen molar-refractivity contribution in [2.24, 2.45) is 0 Å². The SMILES string of the molecule is COc1ccc(C(C#N)Cc2ccncc2)cc1Cl. The maximum absolute atomic E-state index is 9.32. The van der Waals surface area contributed by atoms with Gasteiger partial charge in [0.1, 0.15) is 5.75 Å². The molecule has 19 heavy (non-hydrogen) atoms. The largest absolute Gasteiger partial charge is 0.495 e. The van der Waals surface area contributed by atoms with Gasteiger partial charge in [0.05, 0.1) is 24.1 Å². The number of hydrogen-bond donors (Lipinski definition) is 0. The molecule has 1 atom stereocenters. The number of nitrogens with zero attached hydrogens (tertiary/aromatic N) is 2. The minimum absolute atomic E-state index is 0.231. The summed E-state index contributed by atoms with van der Waals surface area (Å²) in [4.78, 5) is 3.97. The van der Waals surface area contributed by atoms with Gasteiger partial charge in [-0.25, -0.2) is 0 Å². The monoisotopic (exact) mass is 272 g/mol. The predicted molar refractivity (Wildman–Crippen MR) is 74.3 cm³/mol. The van der Waals surface area contributed by atoms with Crippen molar-refractivity contribution < 1.29 is 4.74 Å². The Morgan fingerprint density at radius 2 is 2.05 bits per heavy atom. The molecular weight excluding hydrogens is 260 g/mol. The van der Waals surface area contributed by atoms with Crippen LogP contribution in [0.25, 0.3) is 0 Å². The number of ether oxygens (including phenoxy) is 1. The summed E-state index contributed by atoms with van der Waals surface area (Å²) in [6.45, 7) is 0. The minimum atomic E-state index is -0.231. The highest BCUT2D eigenvalue weighted by atomic mass is 35.5. The molecule has 0 saturated carbocycles. The summed E-state index contributed by atoms with van der Waals surface area (Å²) in [5.74, 6) is 0.386. The molecule has 96 valence electrons. The Morgan fingerprint density at radius 3 is 2.63 bits per heavy atom. The summed E-state index contributed by atoms with van der Waals surface area (Å²) in [6.07, 6.45) is 4.09. The van der Waals surface area contributed by atoms with Gasteiger partial charge in [0.2, 0.25) is 0 Å². The van der Waals surface area contributed by atoms with Gasteiger partial charge in [0, 0.05) is 12.4 Å². The van der Waals surface area contributed by atoms with Crippen molar-refractivity contribution in [1.29, 1.82) is 5.26 Å². The van der Waals surface area contributed by atoms with Crippen LogP contribution in [-0.4, -0.2) is 12.1 Å². The van der Waals surface area contributed by atoms with E-state index < -0.39 is 0 Å². The average molecular weight is 273 g/mol. The van der Waals surface area contributed by atoms with E-state index in [0.29, 0.717) is 17.2 Å². The van der Waals surface area contributed by atoms with E-state index in [1.807, 2.05) is 18.2 Å². The van der Waals surface area contributed by atoms with Gasteiger partial charge in [-0.2, -0.15) is 5.26 Å². The Hall–Kier alpha value is -2.05. The molecule has 2 rings (SSSR count). The number of halogens is 1. The van der Waals surface area contributed by atoms with Crippen molar-refractivity contribution in [3.63, 3.8) is 0 Å². The van der Waals surface area contributed by atoms with Gasteiger partial charge < -0.3 is 4.74 Å². The number of nitriles is 1. The molecule has 2 aromatic rings. The molecule has 3 nitrogen and oxygen atoms in total. The van der Waals surface area contributed by atoms with Crippen LogP contribution >= 0.6 is 11.6 Å². The smallest absolute Gasteiger partial charge is 0.137 e. The lowest BCUT2D eigenvalue weighted by Gasteiger charge is -2.11. The van der Waals surface area contributed by atoms with E-state index in [1.54, 1.807) is 31.6 Å². The third-order valence-electron chi connectivity index (χ3n) is 2.92. The molecule has 0 amide bonds. The highest BCUT2D eigenvalue weighted by molar-refractivity contribution is 6.32. The van der Waals surface area contributed by atoms with Gasteiger partial charge in [-0.1, -0.05) is 17.7 Å². The van der Waals surface area contributed by atoms with E-state index in [4.69, 9.17) is 16.3 Å². The van der Waals surface area contributed by atoms with Gasteiger partial charge in [-0.3, -0.25) is 4.98 Å². The number of hydrogen-bond acceptors (Lipinski definition) is 3. The van der Waals surface area contributed by atoms with Gasteiger partial charge >= 0.3 is 0 Å². The molecular formula is C15H13ClN2O. The van der Waals surface area contributed by atoms with Gasteiger partial charge in [-0.15, -0.1) is 0 Å². The van der Waals surface area contributed by atoms with Crippen LogP contribution in [0.1, 0.15) is 17.0 Å². The number of rotatable bonds is 4. The highest BCUT2D eigenvalue weighted by Gasteiger charge is 2.13. The van der Waals surface area contributed by atoms with Gasteiger partial charge in [0.25, 0.3) is 0 Å². The Morgan fingerprint density at radius 1 is 1.32 bits per heavy atom. The van der Waals surface area contributed by atoms with Crippen LogP contribution in [0.15, 0.2) is 42.7 Å². The second-order valence-corrected chi connectivity index (χ2v) is 4.54. The summed E-state index contributed by atoms with van der Waals surface area (Å²) >= 11 is 6.09. The Bertz CT molecular complexity index is 593. The second kappa shape index (κ2) is 6.21. The highest BCUT2D eigenvalue weighted by Crippen LogP contribution is 2.29. The topological polar surface area (TPSA) is 45.9 Å². The summed E-state index contributed by atoms with van der Waals surface area (Å²) in [5, 5.41) is 9.84. The van der Waals surface area contributed by atoms with E-state index >= 15 is 0 Å². The zero-order chi connectivity index (χ0) is 13.7. The zero-order valence-electron chi connectivity index (χ0n) is 10.5. The Kier molecular flexibility index (Phi) is 4.38. The van der Waals surface area contributed by atoms with E-state index in [-0.39, 0.29) is 5.92 Å². The molecule has 0 aliphatic heterocycles. The second-order valence-electron chi connectivity index (χ2n) is 4.14. The molecule has 0 aliphatic rings. The van der Waals surface area contributed by atoms with Crippen LogP contribution in [0.5, 0.6) is 5.75 Å². The molecule has 0 saturated heterocycles. The van der Waals surface area contributed by atoms with Gasteiger partial charge in [-0.05, 0) is 41.8 Å². The van der Waals surface area contributed by atoms with Crippen LogP contribution in [0, 0.1) is 11.3 Å². The molecule has 1 unspecified atom stereocenters. The lowest BCUT2D eigenvalue weighted by Crippen LogP contribution is -2.01. The maximum atomic E-state index is 9.32. The lowest BCUT2D eigenvalue weighted by molar-refractivity contribution is 0.415. The van der Waals surface area contributed by atoms with Gasteiger partial charge in [0.15, 0.2) is 0 Å². The third-order valence-corrected chi connectivity index (χ3v) is 3.22. The van der Waals surface area contributed by atoms with E-state index in [1.165, 1.54) is 0 Å². The van der Waals surface area contributed by atoms with E-state index in [9.17, 15) is 5.26 Å². The van der Waals surface area contributed by atoms with Crippen LogP contribution in [0.2, 0.25) is 5.02 Å². The first-order valence-electron chi connectivity index (χ1n) is 5.86. The Labute approximate surface area is 117 Å². The lowest BCUT2D eigenvalue weighted by atomic mass is 9.93. The molecule has 0 radical (unpaired) electrons. The Balaban J connectivity index is 2.23. The van der Waals surface area contributed by atoms with E-state index in [0.717, 1.165) is 11.1 Å². The molecule has 0 fully saturated rings. The standard InChI is InChI=1S/C15H13ClN2O/c1-19-15-3-2-12(9-14(15)16)13(10-17)8-11-4-6-18-7-5-11/h2-7,9,13H,8H2,1H3. The number of aromatic nitrogens is 1. The first-order chi connectivity index (χ1) is 9.24. The fourth-order valence-electron chi connectivity index (χ4n) is 1.89. The van der Waals surface area contributed by atoms with Crippen molar-refractivity contribution in [3.05, 3.63) is 58.9 Å². The quantitative estimate of drug-likeness (QED) is 0.854. The number of methoxy groups -OCH3 is 1. The third kappa shape index (κ3) is 3.24. The van der Waals surface area contributed by atoms with Crippen LogP contribution in [-0.2, 0) is 6.42 Å². The van der Waals surface area contributed by atoms with Crippen LogP contribution in [0.3, 0.4) is 0 Å². The fraction of sp³-hybridized carbons (Fsp3) is 0.200. The zero-order valence-corrected chi connectivity index (χ0v) is 11.3. The summed E-state index contributed by atoms with van der Waals surface area (Å²) in [6, 6.07) is 11.6. The van der Waals surface area contributed by atoms with Crippen LogP contribution < -0.4 is 4.74 Å². The average Bonchev–Trinajstić information content (AvgIpc) is 2.46. The van der Waals surface area contributed by atoms with Crippen molar-refractivity contribution >= 4 is 11.6 Å². The minimum Gasteiger partial charge on any atom is -0.495 e. The van der Waals surface area contributed by atoms with Crippen LogP contribution in [0.4, 0.5) is 0 Å². The van der Waals surface area contributed by atoms with E-state index in [2.05, 4.69) is 11.1 Å².